The fraction of sp³-hybridized carbons (Fsp3) is 0.400. The van der Waals surface area contributed by atoms with E-state index in [0.717, 1.165) is 5.56 Å². The molecule has 152 valence electrons. The summed E-state index contributed by atoms with van der Waals surface area (Å²) in [5.74, 6) is 0.411. The van der Waals surface area contributed by atoms with E-state index in [1.165, 1.54) is 16.2 Å². The third kappa shape index (κ3) is 3.70. The smallest absolute Gasteiger partial charge is 0.267 e. The third-order valence-corrected chi connectivity index (χ3v) is 6.24. The van der Waals surface area contributed by atoms with Gasteiger partial charge in [0.15, 0.2) is 0 Å². The lowest BCUT2D eigenvalue weighted by atomic mass is 10.2. The molecule has 0 spiro atoms. The van der Waals surface area contributed by atoms with Gasteiger partial charge in [0.25, 0.3) is 11.5 Å². The Morgan fingerprint density at radius 1 is 1.24 bits per heavy atom. The second kappa shape index (κ2) is 7.89. The second-order valence-electron chi connectivity index (χ2n) is 7.33. The lowest BCUT2D eigenvalue weighted by molar-refractivity contribution is -0.123. The maximum Gasteiger partial charge on any atom is 0.267 e. The van der Waals surface area contributed by atoms with Crippen LogP contribution in [0.15, 0.2) is 28.0 Å². The van der Waals surface area contributed by atoms with Gasteiger partial charge < -0.3 is 9.64 Å². The number of hydrogen-bond acceptors (Lipinski definition) is 7. The van der Waals surface area contributed by atoms with Gasteiger partial charge in [-0.15, -0.1) is 0 Å². The van der Waals surface area contributed by atoms with Crippen molar-refractivity contribution in [2.75, 3.05) is 31.2 Å². The summed E-state index contributed by atoms with van der Waals surface area (Å²) in [6.07, 6.45) is 3.42. The SMILES string of the molecule is Cc1ccc2nc(N3CCOCC3)c(C=C3SC(=S)N(C(C)C)C3=O)c(=O)n2c1. The zero-order valence-corrected chi connectivity index (χ0v) is 18.2. The lowest BCUT2D eigenvalue weighted by Crippen LogP contribution is -2.38. The number of aromatic nitrogens is 2. The lowest BCUT2D eigenvalue weighted by Gasteiger charge is -2.29. The van der Waals surface area contributed by atoms with Gasteiger partial charge >= 0.3 is 0 Å². The Labute approximate surface area is 178 Å². The highest BCUT2D eigenvalue weighted by Gasteiger charge is 2.34. The number of aryl methyl sites for hydroxylation is 1. The summed E-state index contributed by atoms with van der Waals surface area (Å²) in [5.41, 5.74) is 1.74. The molecule has 0 atom stereocenters. The number of fused-ring (bicyclic) bond motifs is 1. The fourth-order valence-corrected chi connectivity index (χ4v) is 4.95. The van der Waals surface area contributed by atoms with Gasteiger partial charge in [-0.05, 0) is 38.5 Å². The number of ether oxygens (including phenoxy) is 1. The predicted molar refractivity (Wildman–Crippen MR) is 119 cm³/mol. The maximum absolute atomic E-state index is 13.4. The number of hydrogen-bond donors (Lipinski definition) is 0. The van der Waals surface area contributed by atoms with Crippen LogP contribution in [-0.2, 0) is 9.53 Å². The van der Waals surface area contributed by atoms with E-state index in [4.69, 9.17) is 21.9 Å². The Morgan fingerprint density at radius 3 is 2.62 bits per heavy atom. The second-order valence-corrected chi connectivity index (χ2v) is 9.01. The Balaban J connectivity index is 1.90. The van der Waals surface area contributed by atoms with E-state index in [1.54, 1.807) is 17.2 Å². The van der Waals surface area contributed by atoms with E-state index in [9.17, 15) is 9.59 Å². The molecular weight excluding hydrogens is 408 g/mol. The van der Waals surface area contributed by atoms with E-state index < -0.39 is 0 Å². The normalized spacial score (nSPS) is 19.2. The first kappa shape index (κ1) is 20.1. The van der Waals surface area contributed by atoms with Crippen LogP contribution in [0.2, 0.25) is 0 Å². The number of carbonyl (C=O) groups excluding carboxylic acids is 1. The minimum absolute atomic E-state index is 0.0365. The average molecular weight is 431 g/mol. The molecule has 0 N–H and O–H groups in total. The molecule has 0 radical (unpaired) electrons. The van der Waals surface area contributed by atoms with Crippen molar-refractivity contribution >= 4 is 51.7 Å². The van der Waals surface area contributed by atoms with Crippen LogP contribution < -0.4 is 10.5 Å². The number of pyridine rings is 1. The van der Waals surface area contributed by atoms with Crippen LogP contribution >= 0.6 is 24.0 Å². The number of amides is 1. The monoisotopic (exact) mass is 430 g/mol. The largest absolute Gasteiger partial charge is 0.378 e. The number of carbonyl (C=O) groups is 1. The molecule has 0 aliphatic carbocycles. The number of rotatable bonds is 3. The van der Waals surface area contributed by atoms with Crippen molar-refractivity contribution in [3.63, 3.8) is 0 Å². The van der Waals surface area contributed by atoms with Gasteiger partial charge in [-0.3, -0.25) is 18.9 Å². The summed E-state index contributed by atoms with van der Waals surface area (Å²) < 4.78 is 7.49. The van der Waals surface area contributed by atoms with Crippen molar-refractivity contribution in [1.82, 2.24) is 14.3 Å². The average Bonchev–Trinajstić information content (AvgIpc) is 2.98. The van der Waals surface area contributed by atoms with E-state index in [-0.39, 0.29) is 17.5 Å². The van der Waals surface area contributed by atoms with Crippen molar-refractivity contribution in [2.45, 2.75) is 26.8 Å². The minimum atomic E-state index is -0.199. The van der Waals surface area contributed by atoms with Crippen molar-refractivity contribution in [2.24, 2.45) is 0 Å². The summed E-state index contributed by atoms with van der Waals surface area (Å²) in [7, 11) is 0. The van der Waals surface area contributed by atoms with Gasteiger partial charge in [-0.2, -0.15) is 0 Å². The molecule has 2 aromatic rings. The molecule has 29 heavy (non-hydrogen) atoms. The zero-order chi connectivity index (χ0) is 20.7. The molecule has 2 aliphatic rings. The first-order valence-electron chi connectivity index (χ1n) is 9.49. The molecule has 0 aromatic carbocycles. The molecule has 0 saturated carbocycles. The van der Waals surface area contributed by atoms with Crippen molar-refractivity contribution in [1.29, 1.82) is 0 Å². The minimum Gasteiger partial charge on any atom is -0.378 e. The van der Waals surface area contributed by atoms with Crippen LogP contribution in [0.25, 0.3) is 11.7 Å². The molecule has 7 nitrogen and oxygen atoms in total. The summed E-state index contributed by atoms with van der Waals surface area (Å²) in [5, 5.41) is 0. The van der Waals surface area contributed by atoms with Crippen LogP contribution in [-0.4, -0.2) is 56.9 Å². The maximum atomic E-state index is 13.4. The number of thioether (sulfide) groups is 1. The van der Waals surface area contributed by atoms with Gasteiger partial charge in [0.2, 0.25) is 0 Å². The number of thiocarbonyl (C=S) groups is 1. The van der Waals surface area contributed by atoms with Crippen LogP contribution in [0.5, 0.6) is 0 Å². The van der Waals surface area contributed by atoms with Gasteiger partial charge in [0, 0.05) is 25.3 Å². The van der Waals surface area contributed by atoms with Crippen LogP contribution in [0, 0.1) is 6.92 Å². The molecule has 2 aliphatic heterocycles. The molecule has 4 rings (SSSR count). The molecule has 2 saturated heterocycles. The van der Waals surface area contributed by atoms with E-state index in [0.29, 0.717) is 52.6 Å². The summed E-state index contributed by atoms with van der Waals surface area (Å²) in [6.45, 7) is 8.19. The molecule has 1 amide bonds. The van der Waals surface area contributed by atoms with E-state index in [1.807, 2.05) is 37.8 Å². The molecular formula is C20H22N4O3S2. The van der Waals surface area contributed by atoms with Crippen molar-refractivity contribution in [3.8, 4) is 0 Å². The van der Waals surface area contributed by atoms with Gasteiger partial charge in [0.05, 0.1) is 23.7 Å². The molecule has 0 unspecified atom stereocenters. The quantitative estimate of drug-likeness (QED) is 0.547. The fourth-order valence-electron chi connectivity index (χ4n) is 3.45. The molecule has 9 heteroatoms. The number of morpholine rings is 1. The Kier molecular flexibility index (Phi) is 5.46. The Hall–Kier alpha value is -2.23. The van der Waals surface area contributed by atoms with Crippen molar-refractivity contribution in [3.05, 3.63) is 44.7 Å². The molecule has 2 fully saturated rings. The van der Waals surface area contributed by atoms with Crippen LogP contribution in [0.3, 0.4) is 0 Å². The molecule has 4 heterocycles. The first-order valence-corrected chi connectivity index (χ1v) is 10.7. The highest BCUT2D eigenvalue weighted by molar-refractivity contribution is 8.26. The highest BCUT2D eigenvalue weighted by Crippen LogP contribution is 2.34. The van der Waals surface area contributed by atoms with Crippen LogP contribution in [0.4, 0.5) is 5.82 Å². The summed E-state index contributed by atoms with van der Waals surface area (Å²) in [6, 6.07) is 3.73. The van der Waals surface area contributed by atoms with E-state index >= 15 is 0 Å². The molecule has 0 bridgehead atoms. The predicted octanol–water partition coefficient (Wildman–Crippen LogP) is 2.45. The first-order chi connectivity index (χ1) is 13.9. The van der Waals surface area contributed by atoms with Crippen LogP contribution in [0.1, 0.15) is 25.0 Å². The zero-order valence-electron chi connectivity index (χ0n) is 16.5. The number of nitrogens with zero attached hydrogens (tertiary/aromatic N) is 4. The highest BCUT2D eigenvalue weighted by atomic mass is 32.2. The number of anilines is 1. The van der Waals surface area contributed by atoms with Gasteiger partial charge in [-0.1, -0.05) is 30.0 Å². The third-order valence-electron chi connectivity index (χ3n) is 4.91. The van der Waals surface area contributed by atoms with E-state index in [2.05, 4.69) is 0 Å². The standard InChI is InChI=1S/C20H22N4O3S2/c1-12(2)24-19(26)15(29-20(24)28)10-14-17(22-6-8-27-9-7-22)21-16-5-4-13(3)11-23(16)18(14)25/h4-5,10-12H,6-9H2,1-3H3. The van der Waals surface area contributed by atoms with Gasteiger partial charge in [0.1, 0.15) is 15.8 Å². The Morgan fingerprint density at radius 2 is 1.97 bits per heavy atom. The van der Waals surface area contributed by atoms with Crippen molar-refractivity contribution < 1.29 is 9.53 Å². The summed E-state index contributed by atoms with van der Waals surface area (Å²) >= 11 is 6.60. The summed E-state index contributed by atoms with van der Waals surface area (Å²) in [4.78, 5) is 35.1. The molecule has 2 aromatic heterocycles. The van der Waals surface area contributed by atoms with Gasteiger partial charge in [-0.25, -0.2) is 4.98 Å². The Bertz CT molecular complexity index is 1090. The topological polar surface area (TPSA) is 67.2 Å².